The highest BCUT2D eigenvalue weighted by Crippen LogP contribution is 2.42. The van der Waals surface area contributed by atoms with Crippen LogP contribution in [0.3, 0.4) is 0 Å². The molecule has 2 amide bonds. The molecular formula is C26H22F2N4O6S. The van der Waals surface area contributed by atoms with Gasteiger partial charge < -0.3 is 14.3 Å². The van der Waals surface area contributed by atoms with Crippen LogP contribution < -0.4 is 19.3 Å². The number of aldehydes is 1. The maximum absolute atomic E-state index is 15.2. The summed E-state index contributed by atoms with van der Waals surface area (Å²) in [6.07, 6.45) is 1.67. The first-order valence-electron chi connectivity index (χ1n) is 11.6. The lowest BCUT2D eigenvalue weighted by molar-refractivity contribution is -0.107. The standard InChI is InChI=1S/C26H22F2N4O6S/c1-30-23-15(14-31(26(30)34)24-21(27)19(37-2)12-20(38-3)22(24)28)13-29-25-18(23)11-16(9-10-33)32(25)39(35,36)17-7-5-4-6-8-17/h4-8,10-13H,9,14H2,1-3H3. The first kappa shape index (κ1) is 26.1. The number of pyridine rings is 1. The second-order valence-corrected chi connectivity index (χ2v) is 10.4. The monoisotopic (exact) mass is 556 g/mol. The van der Waals surface area contributed by atoms with E-state index in [0.29, 0.717) is 17.5 Å². The highest BCUT2D eigenvalue weighted by atomic mass is 32.2. The molecule has 10 nitrogen and oxygen atoms in total. The van der Waals surface area contributed by atoms with Crippen LogP contribution in [0.2, 0.25) is 0 Å². The largest absolute Gasteiger partial charge is 0.493 e. The summed E-state index contributed by atoms with van der Waals surface area (Å²) in [5, 5.41) is 0.281. The number of halogens is 2. The van der Waals surface area contributed by atoms with Gasteiger partial charge in [-0.05, 0) is 18.2 Å². The number of nitrogens with zero attached hydrogens (tertiary/aromatic N) is 4. The summed E-state index contributed by atoms with van der Waals surface area (Å²) in [4.78, 5) is 31.3. The third-order valence-corrected chi connectivity index (χ3v) is 8.24. The van der Waals surface area contributed by atoms with E-state index in [1.165, 1.54) is 45.7 Å². The zero-order chi connectivity index (χ0) is 28.1. The Morgan fingerprint density at radius 3 is 2.26 bits per heavy atom. The summed E-state index contributed by atoms with van der Waals surface area (Å²) in [5.41, 5.74) is 0.161. The minimum atomic E-state index is -4.16. The number of carbonyl (C=O) groups is 2. The van der Waals surface area contributed by atoms with Gasteiger partial charge in [-0.1, -0.05) is 18.2 Å². The molecule has 2 aromatic heterocycles. The summed E-state index contributed by atoms with van der Waals surface area (Å²) < 4.78 is 68.6. The van der Waals surface area contributed by atoms with Crippen LogP contribution in [-0.2, 0) is 27.8 Å². The normalized spacial score (nSPS) is 13.5. The van der Waals surface area contributed by atoms with Crippen molar-refractivity contribution in [3.05, 3.63) is 71.6 Å². The van der Waals surface area contributed by atoms with Crippen LogP contribution in [0.4, 0.5) is 25.0 Å². The Hall–Kier alpha value is -4.52. The van der Waals surface area contributed by atoms with Crippen molar-refractivity contribution in [3.63, 3.8) is 0 Å². The molecule has 2 aromatic carbocycles. The van der Waals surface area contributed by atoms with Crippen LogP contribution in [-0.4, -0.2) is 51.0 Å². The quantitative estimate of drug-likeness (QED) is 0.318. The smallest absolute Gasteiger partial charge is 0.329 e. The van der Waals surface area contributed by atoms with E-state index >= 15 is 8.78 Å². The summed E-state index contributed by atoms with van der Waals surface area (Å²) in [6, 6.07) is 9.37. The highest BCUT2D eigenvalue weighted by Gasteiger charge is 2.37. The van der Waals surface area contributed by atoms with Crippen molar-refractivity contribution in [2.75, 3.05) is 31.1 Å². The molecule has 0 atom stereocenters. The molecule has 0 N–H and O–H groups in total. The minimum Gasteiger partial charge on any atom is -0.493 e. The Morgan fingerprint density at radius 2 is 1.67 bits per heavy atom. The Bertz CT molecular complexity index is 1710. The maximum Gasteiger partial charge on any atom is 0.329 e. The number of anilines is 2. The van der Waals surface area contributed by atoms with Gasteiger partial charge in [-0.25, -0.2) is 30.9 Å². The van der Waals surface area contributed by atoms with E-state index in [9.17, 15) is 18.0 Å². The molecule has 5 rings (SSSR count). The van der Waals surface area contributed by atoms with Crippen molar-refractivity contribution < 1.29 is 36.3 Å². The molecular weight excluding hydrogens is 534 g/mol. The number of aromatic nitrogens is 2. The fourth-order valence-corrected chi connectivity index (χ4v) is 6.23. The van der Waals surface area contributed by atoms with Crippen molar-refractivity contribution in [2.45, 2.75) is 17.9 Å². The van der Waals surface area contributed by atoms with Crippen LogP contribution >= 0.6 is 0 Å². The van der Waals surface area contributed by atoms with Crippen LogP contribution in [0.25, 0.3) is 11.0 Å². The first-order valence-corrected chi connectivity index (χ1v) is 13.0. The number of methoxy groups -OCH3 is 2. The fraction of sp³-hybridized carbons (Fsp3) is 0.192. The Kier molecular flexibility index (Phi) is 6.46. The molecule has 0 unspecified atom stereocenters. The second-order valence-electron chi connectivity index (χ2n) is 8.64. The third-order valence-electron chi connectivity index (χ3n) is 6.48. The molecule has 0 aliphatic carbocycles. The molecule has 13 heteroatoms. The van der Waals surface area contributed by atoms with Gasteiger partial charge in [0.05, 0.1) is 31.3 Å². The molecule has 0 radical (unpaired) electrons. The fourth-order valence-electron chi connectivity index (χ4n) is 4.71. The average molecular weight is 557 g/mol. The molecule has 39 heavy (non-hydrogen) atoms. The van der Waals surface area contributed by atoms with Gasteiger partial charge in [0.15, 0.2) is 28.8 Å². The van der Waals surface area contributed by atoms with E-state index < -0.39 is 33.4 Å². The minimum absolute atomic E-state index is 0.00274. The predicted octanol–water partition coefficient (Wildman–Crippen LogP) is 3.89. The summed E-state index contributed by atoms with van der Waals surface area (Å²) in [7, 11) is -0.369. The molecule has 0 saturated heterocycles. The van der Waals surface area contributed by atoms with Crippen molar-refractivity contribution >= 4 is 44.7 Å². The van der Waals surface area contributed by atoms with E-state index in [2.05, 4.69) is 4.98 Å². The van der Waals surface area contributed by atoms with Crippen molar-refractivity contribution in [1.29, 1.82) is 0 Å². The zero-order valence-corrected chi connectivity index (χ0v) is 21.8. The van der Waals surface area contributed by atoms with Crippen LogP contribution in [0, 0.1) is 11.6 Å². The molecule has 0 bridgehead atoms. The number of rotatable bonds is 7. The number of ether oxygens (including phenoxy) is 2. The number of fused-ring (bicyclic) bond motifs is 3. The van der Waals surface area contributed by atoms with Gasteiger partial charge in [0.2, 0.25) is 0 Å². The van der Waals surface area contributed by atoms with Crippen molar-refractivity contribution in [3.8, 4) is 11.5 Å². The Balaban J connectivity index is 1.71. The first-order chi connectivity index (χ1) is 18.6. The molecule has 1 aliphatic rings. The molecule has 4 aromatic rings. The molecule has 3 heterocycles. The third kappa shape index (κ3) is 3.96. The van der Waals surface area contributed by atoms with Gasteiger partial charge in [-0.2, -0.15) is 0 Å². The number of hydrogen-bond acceptors (Lipinski definition) is 7. The lowest BCUT2D eigenvalue weighted by Gasteiger charge is -2.35. The van der Waals surface area contributed by atoms with E-state index in [1.807, 2.05) is 0 Å². The van der Waals surface area contributed by atoms with E-state index in [-0.39, 0.29) is 46.1 Å². The van der Waals surface area contributed by atoms with E-state index in [0.717, 1.165) is 19.8 Å². The summed E-state index contributed by atoms with van der Waals surface area (Å²) in [5.74, 6) is -2.83. The van der Waals surface area contributed by atoms with Gasteiger partial charge in [0.1, 0.15) is 12.0 Å². The molecule has 0 fully saturated rings. The van der Waals surface area contributed by atoms with Crippen molar-refractivity contribution in [2.24, 2.45) is 0 Å². The Morgan fingerprint density at radius 1 is 1.03 bits per heavy atom. The summed E-state index contributed by atoms with van der Waals surface area (Å²) >= 11 is 0. The number of urea groups is 1. The summed E-state index contributed by atoms with van der Waals surface area (Å²) in [6.45, 7) is -0.286. The van der Waals surface area contributed by atoms with Crippen molar-refractivity contribution in [1.82, 2.24) is 8.96 Å². The van der Waals surface area contributed by atoms with E-state index in [1.54, 1.807) is 18.2 Å². The lowest BCUT2D eigenvalue weighted by Crippen LogP contribution is -2.46. The van der Waals surface area contributed by atoms with Gasteiger partial charge >= 0.3 is 6.03 Å². The van der Waals surface area contributed by atoms with Gasteiger partial charge in [0, 0.05) is 42.4 Å². The second kappa shape index (κ2) is 9.66. The maximum atomic E-state index is 15.2. The number of benzene rings is 2. The number of carbonyl (C=O) groups excluding carboxylic acids is 2. The average Bonchev–Trinajstić information content (AvgIpc) is 3.31. The molecule has 202 valence electrons. The van der Waals surface area contributed by atoms with E-state index in [4.69, 9.17) is 9.47 Å². The van der Waals surface area contributed by atoms with Gasteiger partial charge in [-0.3, -0.25) is 9.80 Å². The van der Waals surface area contributed by atoms with Crippen LogP contribution in [0.15, 0.2) is 53.6 Å². The SMILES string of the molecule is COc1cc(OC)c(F)c(N2Cc3cnc4c(cc(CC=O)n4S(=O)(=O)c4ccccc4)c3N(C)C2=O)c1F. The number of amides is 2. The molecule has 0 spiro atoms. The highest BCUT2D eigenvalue weighted by molar-refractivity contribution is 7.90. The molecule has 1 aliphatic heterocycles. The zero-order valence-electron chi connectivity index (χ0n) is 21.0. The van der Waals surface area contributed by atoms with Gasteiger partial charge in [-0.15, -0.1) is 0 Å². The topological polar surface area (TPSA) is 111 Å². The van der Waals surface area contributed by atoms with Gasteiger partial charge in [0.25, 0.3) is 10.0 Å². The Labute approximate surface area is 222 Å². The van der Waals surface area contributed by atoms with Crippen LogP contribution in [0.5, 0.6) is 11.5 Å². The lowest BCUT2D eigenvalue weighted by atomic mass is 10.1. The van der Waals surface area contributed by atoms with Crippen LogP contribution in [0.1, 0.15) is 11.3 Å². The molecule has 0 saturated carbocycles. The predicted molar refractivity (Wildman–Crippen MR) is 138 cm³/mol. The number of hydrogen-bond donors (Lipinski definition) is 0.